The van der Waals surface area contributed by atoms with Crippen molar-refractivity contribution in [2.75, 3.05) is 12.9 Å². The van der Waals surface area contributed by atoms with E-state index in [0.29, 0.717) is 18.1 Å². The molecular weight excluding hydrogens is 375 g/mol. The second-order valence-electron chi connectivity index (χ2n) is 6.50. The van der Waals surface area contributed by atoms with Crippen molar-refractivity contribution in [3.63, 3.8) is 0 Å². The first-order chi connectivity index (χ1) is 13.5. The minimum atomic E-state index is -0.777. The fourth-order valence-corrected chi connectivity index (χ4v) is 3.67. The first-order valence-corrected chi connectivity index (χ1v) is 10.5. The van der Waals surface area contributed by atoms with E-state index in [1.54, 1.807) is 30.8 Å². The van der Waals surface area contributed by atoms with Crippen LogP contribution in [0.5, 0.6) is 0 Å². The summed E-state index contributed by atoms with van der Waals surface area (Å²) >= 11 is 1.67. The third kappa shape index (κ3) is 4.14. The molecular formula is C22H25FN2O2S. The third-order valence-corrected chi connectivity index (χ3v) is 5.31. The van der Waals surface area contributed by atoms with Crippen LogP contribution >= 0.6 is 11.8 Å². The number of halogens is 1. The predicted octanol–water partition coefficient (Wildman–Crippen LogP) is 5.69. The molecule has 1 heterocycles. The summed E-state index contributed by atoms with van der Waals surface area (Å²) in [5, 5.41) is 10.4. The zero-order chi connectivity index (χ0) is 20.3. The number of nitrogens with zero attached hydrogens (tertiary/aromatic N) is 2. The zero-order valence-corrected chi connectivity index (χ0v) is 17.3. The summed E-state index contributed by atoms with van der Waals surface area (Å²) in [4.78, 5) is 5.90. The van der Waals surface area contributed by atoms with Gasteiger partial charge in [-0.05, 0) is 63.4 Å². The lowest BCUT2D eigenvalue weighted by Crippen LogP contribution is -2.15. The molecule has 28 heavy (non-hydrogen) atoms. The van der Waals surface area contributed by atoms with Gasteiger partial charge < -0.3 is 9.84 Å². The van der Waals surface area contributed by atoms with Crippen LogP contribution < -0.4 is 0 Å². The monoisotopic (exact) mass is 400 g/mol. The number of imidazole rings is 1. The van der Waals surface area contributed by atoms with E-state index in [9.17, 15) is 9.50 Å². The first-order valence-electron chi connectivity index (χ1n) is 9.28. The molecule has 1 aromatic heterocycles. The number of ether oxygens (including phenoxy) is 1. The third-order valence-electron chi connectivity index (χ3n) is 4.56. The molecule has 3 aromatic rings. The van der Waals surface area contributed by atoms with Crippen molar-refractivity contribution in [1.82, 2.24) is 9.55 Å². The van der Waals surface area contributed by atoms with Crippen LogP contribution in [0.25, 0.3) is 22.5 Å². The Hall–Kier alpha value is -2.15. The molecule has 0 saturated carbocycles. The molecule has 0 saturated heterocycles. The van der Waals surface area contributed by atoms with Crippen LogP contribution in [0.4, 0.5) is 4.39 Å². The van der Waals surface area contributed by atoms with E-state index in [2.05, 4.69) is 12.1 Å². The molecule has 2 atom stereocenters. The summed E-state index contributed by atoms with van der Waals surface area (Å²) in [6.07, 6.45) is 0.944. The average Bonchev–Trinajstić information content (AvgIpc) is 3.10. The highest BCUT2D eigenvalue weighted by atomic mass is 32.2. The van der Waals surface area contributed by atoms with Crippen molar-refractivity contribution < 1.29 is 14.2 Å². The van der Waals surface area contributed by atoms with Gasteiger partial charge in [-0.25, -0.2) is 9.37 Å². The van der Waals surface area contributed by atoms with E-state index < -0.39 is 6.10 Å². The molecule has 1 N–H and O–H groups in total. The van der Waals surface area contributed by atoms with E-state index >= 15 is 0 Å². The van der Waals surface area contributed by atoms with Crippen molar-refractivity contribution in [1.29, 1.82) is 0 Å². The summed E-state index contributed by atoms with van der Waals surface area (Å²) in [7, 11) is 0. The van der Waals surface area contributed by atoms with Crippen molar-refractivity contribution in [2.45, 2.75) is 38.0 Å². The SMILES string of the molecule is CCOC(C)n1c(C(C)O)nc(-c2ccc(F)cc2)c1-c1ccc(SC)cc1. The summed E-state index contributed by atoms with van der Waals surface area (Å²) in [6, 6.07) is 14.4. The molecule has 4 nitrogen and oxygen atoms in total. The Morgan fingerprint density at radius 1 is 1.07 bits per heavy atom. The van der Waals surface area contributed by atoms with Gasteiger partial charge in [-0.3, -0.25) is 4.57 Å². The molecule has 0 fully saturated rings. The van der Waals surface area contributed by atoms with Crippen LogP contribution in [0.3, 0.4) is 0 Å². The van der Waals surface area contributed by atoms with Gasteiger partial charge in [0.1, 0.15) is 24.0 Å². The average molecular weight is 401 g/mol. The second-order valence-corrected chi connectivity index (χ2v) is 7.38. The van der Waals surface area contributed by atoms with Crippen LogP contribution in [-0.2, 0) is 4.74 Å². The molecule has 148 valence electrons. The van der Waals surface area contributed by atoms with Crippen LogP contribution in [-0.4, -0.2) is 27.5 Å². The number of hydrogen-bond acceptors (Lipinski definition) is 4. The molecule has 0 radical (unpaired) electrons. The minimum absolute atomic E-state index is 0.299. The number of benzene rings is 2. The largest absolute Gasteiger partial charge is 0.385 e. The van der Waals surface area contributed by atoms with E-state index in [1.165, 1.54) is 12.1 Å². The lowest BCUT2D eigenvalue weighted by molar-refractivity contribution is 0.0188. The summed E-state index contributed by atoms with van der Waals surface area (Å²) in [5.74, 6) is 0.219. The van der Waals surface area contributed by atoms with Gasteiger partial charge in [0.05, 0.1) is 11.4 Å². The lowest BCUT2D eigenvalue weighted by atomic mass is 10.0. The fourth-order valence-electron chi connectivity index (χ4n) is 3.26. The molecule has 6 heteroatoms. The van der Waals surface area contributed by atoms with Gasteiger partial charge in [0, 0.05) is 22.6 Å². The topological polar surface area (TPSA) is 47.3 Å². The van der Waals surface area contributed by atoms with Gasteiger partial charge in [-0.2, -0.15) is 0 Å². The van der Waals surface area contributed by atoms with Gasteiger partial charge in [0.2, 0.25) is 0 Å². The lowest BCUT2D eigenvalue weighted by Gasteiger charge is -2.21. The highest BCUT2D eigenvalue weighted by molar-refractivity contribution is 7.98. The Balaban J connectivity index is 2.28. The number of aliphatic hydroxyl groups is 1. The number of aromatic nitrogens is 2. The Bertz CT molecular complexity index is 921. The molecule has 0 aliphatic carbocycles. The van der Waals surface area contributed by atoms with Crippen molar-refractivity contribution in [2.24, 2.45) is 0 Å². The van der Waals surface area contributed by atoms with Gasteiger partial charge in [0.25, 0.3) is 0 Å². The maximum absolute atomic E-state index is 13.5. The van der Waals surface area contributed by atoms with Gasteiger partial charge in [-0.1, -0.05) is 12.1 Å². The van der Waals surface area contributed by atoms with Crippen molar-refractivity contribution in [3.8, 4) is 22.5 Å². The highest BCUT2D eigenvalue weighted by Crippen LogP contribution is 2.37. The second kappa shape index (κ2) is 8.90. The Morgan fingerprint density at radius 3 is 2.21 bits per heavy atom. The predicted molar refractivity (Wildman–Crippen MR) is 112 cm³/mol. The summed E-state index contributed by atoms with van der Waals surface area (Å²) in [5.41, 5.74) is 3.29. The van der Waals surface area contributed by atoms with Crippen LogP contribution in [0.2, 0.25) is 0 Å². The molecule has 0 aliphatic rings. The summed E-state index contributed by atoms with van der Waals surface area (Å²) < 4.78 is 21.2. The van der Waals surface area contributed by atoms with Crippen LogP contribution in [0.1, 0.15) is 38.9 Å². The molecule has 0 spiro atoms. The minimum Gasteiger partial charge on any atom is -0.385 e. The van der Waals surface area contributed by atoms with Crippen molar-refractivity contribution in [3.05, 3.63) is 60.2 Å². The van der Waals surface area contributed by atoms with Crippen LogP contribution in [0.15, 0.2) is 53.4 Å². The normalized spacial score (nSPS) is 13.5. The first kappa shape index (κ1) is 20.6. The van der Waals surface area contributed by atoms with E-state index in [4.69, 9.17) is 9.72 Å². The molecule has 0 amide bonds. The van der Waals surface area contributed by atoms with E-state index in [-0.39, 0.29) is 12.0 Å². The Kier molecular flexibility index (Phi) is 6.54. The quantitative estimate of drug-likeness (QED) is 0.518. The van der Waals surface area contributed by atoms with Crippen LogP contribution in [0, 0.1) is 5.82 Å². The summed E-state index contributed by atoms with van der Waals surface area (Å²) in [6.45, 7) is 6.09. The maximum Gasteiger partial charge on any atom is 0.140 e. The molecule has 2 aromatic carbocycles. The molecule has 0 aliphatic heterocycles. The smallest absolute Gasteiger partial charge is 0.140 e. The number of aliphatic hydroxyl groups excluding tert-OH is 1. The molecule has 2 unspecified atom stereocenters. The van der Waals surface area contributed by atoms with Crippen molar-refractivity contribution >= 4 is 11.8 Å². The highest BCUT2D eigenvalue weighted by Gasteiger charge is 2.25. The standard InChI is InChI=1S/C22H25FN2O2S/c1-5-27-15(3)25-21(17-8-12-19(28-4)13-9-17)20(24-22(25)14(2)26)16-6-10-18(23)11-7-16/h6-15,26H,5H2,1-4H3. The zero-order valence-electron chi connectivity index (χ0n) is 16.5. The Morgan fingerprint density at radius 2 is 1.68 bits per heavy atom. The van der Waals surface area contributed by atoms with E-state index in [1.807, 2.05) is 36.8 Å². The molecule has 3 rings (SSSR count). The number of hydrogen-bond donors (Lipinski definition) is 1. The number of thioether (sulfide) groups is 1. The Labute approximate surface area is 169 Å². The van der Waals surface area contributed by atoms with Gasteiger partial charge in [0.15, 0.2) is 0 Å². The fraction of sp³-hybridized carbons (Fsp3) is 0.318. The van der Waals surface area contributed by atoms with Gasteiger partial charge >= 0.3 is 0 Å². The molecule has 0 bridgehead atoms. The number of rotatable bonds is 7. The van der Waals surface area contributed by atoms with Gasteiger partial charge in [-0.15, -0.1) is 11.8 Å². The maximum atomic E-state index is 13.5. The van der Waals surface area contributed by atoms with E-state index in [0.717, 1.165) is 21.7 Å².